The Morgan fingerprint density at radius 3 is 2.66 bits per heavy atom. The Labute approximate surface area is 223 Å². The van der Waals surface area contributed by atoms with Crippen molar-refractivity contribution < 1.29 is 14.3 Å². The average Bonchev–Trinajstić information content (AvgIpc) is 3.20. The van der Waals surface area contributed by atoms with E-state index in [0.717, 1.165) is 34.1 Å². The summed E-state index contributed by atoms with van der Waals surface area (Å²) in [5.74, 6) is 1.28. The van der Waals surface area contributed by atoms with E-state index in [1.165, 1.54) is 6.20 Å². The fraction of sp³-hybridized carbons (Fsp3) is 0.333. The van der Waals surface area contributed by atoms with Gasteiger partial charge in [0.2, 0.25) is 11.8 Å². The van der Waals surface area contributed by atoms with Crippen molar-refractivity contribution in [3.8, 4) is 11.5 Å². The molecular formula is C30H35N5O3. The largest absolute Gasteiger partial charge is 0.456 e. The Morgan fingerprint density at radius 2 is 2.00 bits per heavy atom. The minimum atomic E-state index is -0.266. The molecule has 1 fully saturated rings. The third kappa shape index (κ3) is 6.37. The van der Waals surface area contributed by atoms with Crippen molar-refractivity contribution >= 4 is 34.6 Å². The highest BCUT2D eigenvalue weighted by atomic mass is 16.5. The van der Waals surface area contributed by atoms with Crippen LogP contribution in [-0.2, 0) is 16.0 Å². The highest BCUT2D eigenvalue weighted by Crippen LogP contribution is 2.35. The van der Waals surface area contributed by atoms with Gasteiger partial charge in [0.1, 0.15) is 11.5 Å². The van der Waals surface area contributed by atoms with E-state index < -0.39 is 0 Å². The van der Waals surface area contributed by atoms with Gasteiger partial charge in [-0.25, -0.2) is 0 Å². The SMILES string of the molecule is Cc1cc(CC(=O)N/C(C=NC(C)(C)C)=C/N)ccc1Oc1ccnc2ccc(N3C(=O)CCC3C)cc12. The van der Waals surface area contributed by atoms with Crippen LogP contribution in [0.1, 0.15) is 51.7 Å². The molecule has 0 saturated carbocycles. The van der Waals surface area contributed by atoms with E-state index in [0.29, 0.717) is 23.6 Å². The maximum atomic E-state index is 12.6. The number of aromatic nitrogens is 1. The first-order valence-corrected chi connectivity index (χ1v) is 12.8. The molecule has 3 aromatic rings. The number of amides is 2. The number of carbonyl (C=O) groups is 2. The maximum absolute atomic E-state index is 12.6. The summed E-state index contributed by atoms with van der Waals surface area (Å²) in [5.41, 5.74) is 9.21. The number of aliphatic imine (C=N–C) groups is 1. The molecule has 38 heavy (non-hydrogen) atoms. The molecule has 8 nitrogen and oxygen atoms in total. The van der Waals surface area contributed by atoms with Crippen molar-refractivity contribution in [2.45, 2.75) is 65.5 Å². The third-order valence-electron chi connectivity index (χ3n) is 6.33. The molecule has 1 atom stereocenters. The molecule has 2 aromatic carbocycles. The zero-order valence-corrected chi connectivity index (χ0v) is 22.6. The van der Waals surface area contributed by atoms with E-state index in [-0.39, 0.29) is 29.8 Å². The number of aryl methyl sites for hydroxylation is 1. The summed E-state index contributed by atoms with van der Waals surface area (Å²) in [6.07, 6.45) is 6.22. The highest BCUT2D eigenvalue weighted by molar-refractivity contribution is 5.99. The Kier molecular flexibility index (Phi) is 7.80. The van der Waals surface area contributed by atoms with Crippen molar-refractivity contribution in [1.82, 2.24) is 10.3 Å². The molecule has 8 heteroatoms. The number of hydrogen-bond acceptors (Lipinski definition) is 6. The van der Waals surface area contributed by atoms with Gasteiger partial charge in [-0.1, -0.05) is 12.1 Å². The van der Waals surface area contributed by atoms with Gasteiger partial charge < -0.3 is 20.7 Å². The van der Waals surface area contributed by atoms with Crippen LogP contribution in [0.2, 0.25) is 0 Å². The van der Waals surface area contributed by atoms with Crippen LogP contribution < -0.4 is 20.7 Å². The summed E-state index contributed by atoms with van der Waals surface area (Å²) in [6, 6.07) is 13.5. The quantitative estimate of drug-likeness (QED) is 0.423. The Balaban J connectivity index is 1.50. The molecule has 3 N–H and O–H groups in total. The van der Waals surface area contributed by atoms with Gasteiger partial charge in [-0.05, 0) is 82.5 Å². The monoisotopic (exact) mass is 513 g/mol. The minimum absolute atomic E-state index is 0.134. The van der Waals surface area contributed by atoms with E-state index >= 15 is 0 Å². The second-order valence-corrected chi connectivity index (χ2v) is 10.6. The van der Waals surface area contributed by atoms with E-state index in [2.05, 4.69) is 22.2 Å². The molecule has 0 radical (unpaired) electrons. The zero-order valence-electron chi connectivity index (χ0n) is 22.6. The standard InChI is InChI=1S/C30H35N5O3/c1-19-14-21(15-28(36)34-22(17-31)18-33-30(3,4)5)7-10-26(19)38-27-12-13-32-25-9-8-23(16-24(25)27)35-20(2)6-11-29(35)37/h7-10,12-14,16-18,20H,6,11,15,31H2,1-5H3,(H,34,36)/b22-17+,33-18?. The molecule has 198 valence electrons. The molecule has 0 spiro atoms. The number of allylic oxidation sites excluding steroid dienone is 1. The molecule has 1 unspecified atom stereocenters. The topological polar surface area (TPSA) is 110 Å². The molecule has 4 rings (SSSR count). The lowest BCUT2D eigenvalue weighted by Crippen LogP contribution is -2.30. The Morgan fingerprint density at radius 1 is 1.21 bits per heavy atom. The molecule has 1 aliphatic heterocycles. The predicted octanol–water partition coefficient (Wildman–Crippen LogP) is 5.18. The van der Waals surface area contributed by atoms with Crippen molar-refractivity contribution in [2.24, 2.45) is 10.7 Å². The van der Waals surface area contributed by atoms with E-state index in [1.54, 1.807) is 12.4 Å². The summed E-state index contributed by atoms with van der Waals surface area (Å²) in [7, 11) is 0. The number of carbonyl (C=O) groups excluding carboxylic acids is 2. The van der Waals surface area contributed by atoms with Gasteiger partial charge in [-0.15, -0.1) is 0 Å². The summed E-state index contributed by atoms with van der Waals surface area (Å²) in [5, 5.41) is 3.63. The van der Waals surface area contributed by atoms with E-state index in [9.17, 15) is 9.59 Å². The number of benzene rings is 2. The number of pyridine rings is 1. The normalized spacial score (nSPS) is 16.4. The van der Waals surface area contributed by atoms with Gasteiger partial charge in [0, 0.05) is 42.1 Å². The minimum Gasteiger partial charge on any atom is -0.456 e. The van der Waals surface area contributed by atoms with Crippen LogP contribution in [-0.4, -0.2) is 34.6 Å². The number of fused-ring (bicyclic) bond motifs is 1. The van der Waals surface area contributed by atoms with Crippen LogP contribution in [0.4, 0.5) is 5.69 Å². The maximum Gasteiger partial charge on any atom is 0.228 e. The fourth-order valence-electron chi connectivity index (χ4n) is 4.40. The summed E-state index contributed by atoms with van der Waals surface area (Å²) in [6.45, 7) is 9.91. The molecule has 1 aromatic heterocycles. The van der Waals surface area contributed by atoms with Crippen LogP contribution in [0.3, 0.4) is 0 Å². The summed E-state index contributed by atoms with van der Waals surface area (Å²) >= 11 is 0. The summed E-state index contributed by atoms with van der Waals surface area (Å²) < 4.78 is 6.31. The highest BCUT2D eigenvalue weighted by Gasteiger charge is 2.29. The van der Waals surface area contributed by atoms with Crippen LogP contribution >= 0.6 is 0 Å². The van der Waals surface area contributed by atoms with Gasteiger partial charge in [0.15, 0.2) is 0 Å². The number of rotatable bonds is 7. The first kappa shape index (κ1) is 26.9. The van der Waals surface area contributed by atoms with Gasteiger partial charge in [0.05, 0.1) is 23.2 Å². The Hall–Kier alpha value is -4.20. The molecule has 2 heterocycles. The predicted molar refractivity (Wildman–Crippen MR) is 152 cm³/mol. The number of anilines is 1. The lowest BCUT2D eigenvalue weighted by atomic mass is 10.1. The zero-order chi connectivity index (χ0) is 27.4. The van der Waals surface area contributed by atoms with Crippen LogP contribution in [0.25, 0.3) is 10.9 Å². The van der Waals surface area contributed by atoms with Crippen molar-refractivity contribution in [3.05, 3.63) is 71.7 Å². The van der Waals surface area contributed by atoms with Crippen molar-refractivity contribution in [3.63, 3.8) is 0 Å². The number of nitrogens with zero attached hydrogens (tertiary/aromatic N) is 3. The van der Waals surface area contributed by atoms with E-state index in [1.807, 2.05) is 75.1 Å². The smallest absolute Gasteiger partial charge is 0.228 e. The number of nitrogens with two attached hydrogens (primary N) is 1. The van der Waals surface area contributed by atoms with Gasteiger partial charge in [-0.3, -0.25) is 19.6 Å². The molecule has 1 saturated heterocycles. The second-order valence-electron chi connectivity index (χ2n) is 10.6. The molecule has 0 aliphatic carbocycles. The molecule has 1 aliphatic rings. The third-order valence-corrected chi connectivity index (χ3v) is 6.33. The fourth-order valence-corrected chi connectivity index (χ4v) is 4.40. The Bertz CT molecular complexity index is 1420. The lowest BCUT2D eigenvalue weighted by Gasteiger charge is -2.22. The van der Waals surface area contributed by atoms with Gasteiger partial charge in [-0.2, -0.15) is 0 Å². The number of ether oxygens (including phenoxy) is 1. The number of hydrogen-bond donors (Lipinski definition) is 2. The second kappa shape index (κ2) is 11.0. The molecule has 2 amide bonds. The van der Waals surface area contributed by atoms with Gasteiger partial charge in [0.25, 0.3) is 0 Å². The lowest BCUT2D eigenvalue weighted by molar-refractivity contribution is -0.119. The first-order valence-electron chi connectivity index (χ1n) is 12.8. The van der Waals surface area contributed by atoms with Crippen molar-refractivity contribution in [1.29, 1.82) is 0 Å². The molecular weight excluding hydrogens is 478 g/mol. The summed E-state index contributed by atoms with van der Waals surface area (Å²) in [4.78, 5) is 35.7. The first-order chi connectivity index (χ1) is 18.0. The number of nitrogens with one attached hydrogen (secondary N) is 1. The average molecular weight is 514 g/mol. The van der Waals surface area contributed by atoms with Crippen LogP contribution in [0.15, 0.2) is 65.6 Å². The van der Waals surface area contributed by atoms with Crippen LogP contribution in [0, 0.1) is 6.92 Å². The molecule has 0 bridgehead atoms. The van der Waals surface area contributed by atoms with E-state index in [4.69, 9.17) is 10.5 Å². The van der Waals surface area contributed by atoms with Gasteiger partial charge >= 0.3 is 0 Å². The van der Waals surface area contributed by atoms with Crippen LogP contribution in [0.5, 0.6) is 11.5 Å². The van der Waals surface area contributed by atoms with Crippen molar-refractivity contribution in [2.75, 3.05) is 4.90 Å².